The van der Waals surface area contributed by atoms with E-state index < -0.39 is 6.23 Å². The lowest BCUT2D eigenvalue weighted by atomic mass is 9.62. The summed E-state index contributed by atoms with van der Waals surface area (Å²) < 4.78 is 0. The molecule has 0 radical (unpaired) electrons. The van der Waals surface area contributed by atoms with E-state index in [-0.39, 0.29) is 0 Å². The predicted molar refractivity (Wildman–Crippen MR) is 71.3 cm³/mol. The molecular formula is C15H29NO. The SMILES string of the molecule is CC1CCC(C2C(C)CCCC2C(N)O)CC1. The number of aliphatic hydroxyl groups excluding tert-OH is 1. The van der Waals surface area contributed by atoms with Gasteiger partial charge in [0.25, 0.3) is 0 Å². The highest BCUT2D eigenvalue weighted by molar-refractivity contribution is 4.88. The fourth-order valence-electron chi connectivity index (χ4n) is 4.37. The number of nitrogens with two attached hydrogens (primary N) is 1. The van der Waals surface area contributed by atoms with E-state index in [0.717, 1.165) is 24.2 Å². The summed E-state index contributed by atoms with van der Waals surface area (Å²) in [6, 6.07) is 0. The lowest BCUT2D eigenvalue weighted by molar-refractivity contribution is -0.0103. The van der Waals surface area contributed by atoms with Crippen molar-refractivity contribution in [2.24, 2.45) is 35.3 Å². The molecule has 4 unspecified atom stereocenters. The minimum absolute atomic E-state index is 0.358. The molecule has 2 rings (SSSR count). The van der Waals surface area contributed by atoms with Crippen molar-refractivity contribution in [2.75, 3.05) is 0 Å². The smallest absolute Gasteiger partial charge is 0.105 e. The number of rotatable bonds is 2. The van der Waals surface area contributed by atoms with Gasteiger partial charge in [-0.2, -0.15) is 0 Å². The Kier molecular flexibility index (Phi) is 4.48. The Balaban J connectivity index is 2.03. The van der Waals surface area contributed by atoms with Gasteiger partial charge in [0, 0.05) is 5.92 Å². The maximum atomic E-state index is 9.83. The largest absolute Gasteiger partial charge is 0.379 e. The minimum Gasteiger partial charge on any atom is -0.379 e. The Labute approximate surface area is 106 Å². The fourth-order valence-corrected chi connectivity index (χ4v) is 4.37. The van der Waals surface area contributed by atoms with Crippen molar-refractivity contribution in [3.63, 3.8) is 0 Å². The van der Waals surface area contributed by atoms with Crippen LogP contribution < -0.4 is 5.73 Å². The first-order chi connectivity index (χ1) is 8.09. The molecule has 2 aliphatic rings. The molecule has 4 atom stereocenters. The van der Waals surface area contributed by atoms with Gasteiger partial charge in [-0.15, -0.1) is 0 Å². The molecule has 100 valence electrons. The van der Waals surface area contributed by atoms with Crippen LogP contribution in [0.4, 0.5) is 0 Å². The second-order valence-electron chi connectivity index (χ2n) is 6.66. The van der Waals surface area contributed by atoms with Crippen molar-refractivity contribution in [1.29, 1.82) is 0 Å². The molecule has 2 heteroatoms. The minimum atomic E-state index is -0.595. The zero-order valence-electron chi connectivity index (χ0n) is 11.4. The monoisotopic (exact) mass is 239 g/mol. The van der Waals surface area contributed by atoms with Gasteiger partial charge in [0.05, 0.1) is 0 Å². The van der Waals surface area contributed by atoms with Crippen LogP contribution in [-0.4, -0.2) is 11.3 Å². The molecule has 2 fully saturated rings. The first kappa shape index (κ1) is 13.4. The average Bonchev–Trinajstić information content (AvgIpc) is 2.30. The molecule has 0 spiro atoms. The molecule has 0 amide bonds. The first-order valence-electron chi connectivity index (χ1n) is 7.53. The van der Waals surface area contributed by atoms with Crippen LogP contribution in [0.1, 0.15) is 58.8 Å². The van der Waals surface area contributed by atoms with Crippen LogP contribution in [0.5, 0.6) is 0 Å². The van der Waals surface area contributed by atoms with Gasteiger partial charge in [-0.3, -0.25) is 0 Å². The summed E-state index contributed by atoms with van der Waals surface area (Å²) in [4.78, 5) is 0. The summed E-state index contributed by atoms with van der Waals surface area (Å²) in [5.74, 6) is 3.52. The van der Waals surface area contributed by atoms with E-state index in [4.69, 9.17) is 5.73 Å². The van der Waals surface area contributed by atoms with Gasteiger partial charge in [0.15, 0.2) is 0 Å². The fraction of sp³-hybridized carbons (Fsp3) is 1.00. The molecule has 2 saturated carbocycles. The van der Waals surface area contributed by atoms with Crippen LogP contribution in [0.25, 0.3) is 0 Å². The molecule has 2 nitrogen and oxygen atoms in total. The summed E-state index contributed by atoms with van der Waals surface area (Å²) >= 11 is 0. The highest BCUT2D eigenvalue weighted by atomic mass is 16.3. The number of hydrogen-bond acceptors (Lipinski definition) is 2. The van der Waals surface area contributed by atoms with Gasteiger partial charge in [-0.25, -0.2) is 0 Å². The third-order valence-corrected chi connectivity index (χ3v) is 5.39. The topological polar surface area (TPSA) is 46.2 Å². The Morgan fingerprint density at radius 3 is 2.24 bits per heavy atom. The predicted octanol–water partition coefficient (Wildman–Crippen LogP) is 3.14. The molecule has 0 aromatic carbocycles. The van der Waals surface area contributed by atoms with E-state index in [2.05, 4.69) is 13.8 Å². The number of aliphatic hydroxyl groups is 1. The van der Waals surface area contributed by atoms with Crippen molar-refractivity contribution in [1.82, 2.24) is 0 Å². The molecule has 0 aromatic rings. The lowest BCUT2D eigenvalue weighted by Gasteiger charge is -2.44. The zero-order valence-corrected chi connectivity index (χ0v) is 11.4. The third kappa shape index (κ3) is 3.03. The summed E-state index contributed by atoms with van der Waals surface area (Å²) in [6.07, 6.45) is 8.60. The molecule has 3 N–H and O–H groups in total. The van der Waals surface area contributed by atoms with E-state index in [9.17, 15) is 5.11 Å². The molecule has 0 aliphatic heterocycles. The summed E-state index contributed by atoms with van der Waals surface area (Å²) in [6.45, 7) is 4.74. The summed E-state index contributed by atoms with van der Waals surface area (Å²) in [5.41, 5.74) is 5.81. The van der Waals surface area contributed by atoms with Gasteiger partial charge < -0.3 is 10.8 Å². The van der Waals surface area contributed by atoms with Crippen LogP contribution in [0, 0.1) is 29.6 Å². The molecule has 17 heavy (non-hydrogen) atoms. The molecule has 0 saturated heterocycles. The second-order valence-corrected chi connectivity index (χ2v) is 6.66. The van der Waals surface area contributed by atoms with Gasteiger partial charge in [0.1, 0.15) is 6.23 Å². The Morgan fingerprint density at radius 2 is 1.65 bits per heavy atom. The molecule has 2 aliphatic carbocycles. The molecule has 0 heterocycles. The standard InChI is InChI=1S/C15H29NO/c1-10-6-8-12(9-7-10)14-11(2)4-3-5-13(14)15(16)17/h10-15,17H,3-9,16H2,1-2H3. The van der Waals surface area contributed by atoms with E-state index in [0.29, 0.717) is 11.8 Å². The van der Waals surface area contributed by atoms with E-state index in [1.807, 2.05) is 0 Å². The number of hydrogen-bond donors (Lipinski definition) is 2. The second kappa shape index (κ2) is 5.71. The van der Waals surface area contributed by atoms with Crippen LogP contribution in [0.15, 0.2) is 0 Å². The Morgan fingerprint density at radius 1 is 1.00 bits per heavy atom. The van der Waals surface area contributed by atoms with Gasteiger partial charge in [-0.1, -0.05) is 39.5 Å². The average molecular weight is 239 g/mol. The Hall–Kier alpha value is -0.0800. The van der Waals surface area contributed by atoms with Crippen molar-refractivity contribution >= 4 is 0 Å². The van der Waals surface area contributed by atoms with Crippen molar-refractivity contribution in [3.8, 4) is 0 Å². The highest BCUT2D eigenvalue weighted by Crippen LogP contribution is 2.45. The van der Waals surface area contributed by atoms with Crippen molar-refractivity contribution in [3.05, 3.63) is 0 Å². The summed E-state index contributed by atoms with van der Waals surface area (Å²) in [5, 5.41) is 9.83. The van der Waals surface area contributed by atoms with Crippen molar-refractivity contribution < 1.29 is 5.11 Å². The van der Waals surface area contributed by atoms with E-state index in [1.54, 1.807) is 0 Å². The Bertz CT molecular complexity index is 233. The van der Waals surface area contributed by atoms with Gasteiger partial charge in [-0.05, 0) is 42.9 Å². The van der Waals surface area contributed by atoms with Gasteiger partial charge >= 0.3 is 0 Å². The van der Waals surface area contributed by atoms with Crippen LogP contribution in [-0.2, 0) is 0 Å². The van der Waals surface area contributed by atoms with Crippen molar-refractivity contribution in [2.45, 2.75) is 65.0 Å². The third-order valence-electron chi connectivity index (χ3n) is 5.39. The molecular weight excluding hydrogens is 210 g/mol. The molecule has 0 aromatic heterocycles. The first-order valence-corrected chi connectivity index (χ1v) is 7.53. The normalized spacial score (nSPS) is 45.5. The van der Waals surface area contributed by atoms with Crippen LogP contribution in [0.3, 0.4) is 0 Å². The zero-order chi connectivity index (χ0) is 12.4. The maximum absolute atomic E-state index is 9.83. The van der Waals surface area contributed by atoms with Crippen LogP contribution >= 0.6 is 0 Å². The lowest BCUT2D eigenvalue weighted by Crippen LogP contribution is -2.43. The maximum Gasteiger partial charge on any atom is 0.105 e. The van der Waals surface area contributed by atoms with Gasteiger partial charge in [0.2, 0.25) is 0 Å². The van der Waals surface area contributed by atoms with Crippen LogP contribution in [0.2, 0.25) is 0 Å². The molecule has 0 bridgehead atoms. The highest BCUT2D eigenvalue weighted by Gasteiger charge is 2.39. The van der Waals surface area contributed by atoms with E-state index >= 15 is 0 Å². The summed E-state index contributed by atoms with van der Waals surface area (Å²) in [7, 11) is 0. The van der Waals surface area contributed by atoms with E-state index in [1.165, 1.54) is 38.5 Å². The quantitative estimate of drug-likeness (QED) is 0.727.